The summed E-state index contributed by atoms with van der Waals surface area (Å²) < 4.78 is 5.83. The molecule has 0 aliphatic heterocycles. The van der Waals surface area contributed by atoms with Crippen LogP contribution in [0.25, 0.3) is 0 Å². The summed E-state index contributed by atoms with van der Waals surface area (Å²) in [6.45, 7) is 12.7. The van der Waals surface area contributed by atoms with Crippen LogP contribution in [0.1, 0.15) is 60.8 Å². The molecule has 0 saturated heterocycles. The Morgan fingerprint density at radius 3 is 2.59 bits per heavy atom. The Balaban J connectivity index is 2.31. The van der Waals surface area contributed by atoms with E-state index in [1.54, 1.807) is 0 Å². The largest absolute Gasteiger partial charge is 0.454 e. The number of carbonyl (C=O) groups excluding carboxylic acids is 1. The summed E-state index contributed by atoms with van der Waals surface area (Å²) in [6, 6.07) is 0. The van der Waals surface area contributed by atoms with Crippen LogP contribution in [0.4, 0.5) is 0 Å². The number of allylic oxidation sites excluding steroid dienone is 4. The van der Waals surface area contributed by atoms with E-state index in [4.69, 9.17) is 4.74 Å². The molecule has 22 heavy (non-hydrogen) atoms. The van der Waals surface area contributed by atoms with Gasteiger partial charge in [0, 0.05) is 11.5 Å². The minimum Gasteiger partial charge on any atom is -0.454 e. The van der Waals surface area contributed by atoms with E-state index < -0.39 is 0 Å². The summed E-state index contributed by atoms with van der Waals surface area (Å²) in [7, 11) is 0. The molecule has 0 aromatic carbocycles. The van der Waals surface area contributed by atoms with Crippen LogP contribution in [0.2, 0.25) is 0 Å². The summed E-state index contributed by atoms with van der Waals surface area (Å²) in [4.78, 5) is 12.2. The molecule has 0 spiro atoms. The zero-order chi connectivity index (χ0) is 16.4. The predicted molar refractivity (Wildman–Crippen MR) is 91.4 cm³/mol. The summed E-state index contributed by atoms with van der Waals surface area (Å²) >= 11 is 0. The molecule has 2 heteroatoms. The topological polar surface area (TPSA) is 26.3 Å². The maximum Gasteiger partial charge on any atom is 0.333 e. The highest BCUT2D eigenvalue weighted by Crippen LogP contribution is 2.45. The molecule has 0 heterocycles. The minimum atomic E-state index is -0.170. The van der Waals surface area contributed by atoms with Gasteiger partial charge in [-0.25, -0.2) is 4.79 Å². The Kier molecular flexibility index (Phi) is 5.31. The first-order valence-electron chi connectivity index (χ1n) is 8.55. The molecule has 3 atom stereocenters. The monoisotopic (exact) mass is 302 g/mol. The molecule has 122 valence electrons. The van der Waals surface area contributed by atoms with Crippen molar-refractivity contribution in [2.75, 3.05) is 0 Å². The van der Waals surface area contributed by atoms with Gasteiger partial charge in [-0.1, -0.05) is 37.1 Å². The van der Waals surface area contributed by atoms with Crippen LogP contribution in [0, 0.1) is 17.8 Å². The van der Waals surface area contributed by atoms with Crippen LogP contribution in [0.5, 0.6) is 0 Å². The maximum atomic E-state index is 12.2. The van der Waals surface area contributed by atoms with Crippen LogP contribution in [0.15, 0.2) is 34.4 Å². The molecule has 0 bridgehead atoms. The number of hydrogen-bond donors (Lipinski definition) is 0. The quantitative estimate of drug-likeness (QED) is 0.406. The van der Waals surface area contributed by atoms with Crippen molar-refractivity contribution in [2.24, 2.45) is 17.8 Å². The average molecular weight is 302 g/mol. The molecule has 0 amide bonds. The van der Waals surface area contributed by atoms with Crippen LogP contribution in [-0.4, -0.2) is 12.1 Å². The summed E-state index contributed by atoms with van der Waals surface area (Å²) in [6.07, 6.45) is 7.45. The molecule has 0 aromatic heterocycles. The molecule has 2 aliphatic rings. The van der Waals surface area contributed by atoms with Gasteiger partial charge in [0.25, 0.3) is 0 Å². The molecule has 0 N–H and O–H groups in total. The van der Waals surface area contributed by atoms with E-state index in [1.807, 2.05) is 19.9 Å². The van der Waals surface area contributed by atoms with Crippen LogP contribution >= 0.6 is 0 Å². The molecule has 3 unspecified atom stereocenters. The van der Waals surface area contributed by atoms with E-state index >= 15 is 0 Å². The van der Waals surface area contributed by atoms with Gasteiger partial charge in [-0.05, 0) is 64.4 Å². The Morgan fingerprint density at radius 2 is 2.00 bits per heavy atom. The zero-order valence-electron chi connectivity index (χ0n) is 14.9. The highest BCUT2D eigenvalue weighted by atomic mass is 16.5. The summed E-state index contributed by atoms with van der Waals surface area (Å²) in [5, 5.41) is 0. The van der Waals surface area contributed by atoms with Gasteiger partial charge in [-0.2, -0.15) is 0 Å². The highest BCUT2D eigenvalue weighted by molar-refractivity contribution is 5.87. The Labute approximate surface area is 135 Å². The predicted octanol–water partition coefficient (Wildman–Crippen LogP) is 5.21. The van der Waals surface area contributed by atoms with Crippen molar-refractivity contribution in [3.8, 4) is 0 Å². The van der Waals surface area contributed by atoms with E-state index in [2.05, 4.69) is 33.8 Å². The van der Waals surface area contributed by atoms with Gasteiger partial charge in [-0.3, -0.25) is 0 Å². The second-order valence-electron chi connectivity index (χ2n) is 7.26. The number of rotatable bonds is 3. The van der Waals surface area contributed by atoms with Gasteiger partial charge in [0.15, 0.2) is 0 Å². The zero-order valence-corrected chi connectivity index (χ0v) is 14.9. The van der Waals surface area contributed by atoms with Gasteiger partial charge in [-0.15, -0.1) is 0 Å². The Bertz CT molecular complexity index is 534. The van der Waals surface area contributed by atoms with E-state index in [0.29, 0.717) is 23.3 Å². The van der Waals surface area contributed by atoms with E-state index in [1.165, 1.54) is 16.7 Å². The Hall–Kier alpha value is -1.31. The van der Waals surface area contributed by atoms with Crippen molar-refractivity contribution in [3.05, 3.63) is 34.4 Å². The molecular formula is C20H30O2. The molecule has 0 saturated carbocycles. The average Bonchev–Trinajstić information content (AvgIpc) is 2.48. The van der Waals surface area contributed by atoms with E-state index in [9.17, 15) is 4.79 Å². The van der Waals surface area contributed by atoms with Gasteiger partial charge >= 0.3 is 5.97 Å². The lowest BCUT2D eigenvalue weighted by molar-refractivity contribution is -0.144. The van der Waals surface area contributed by atoms with E-state index in [0.717, 1.165) is 19.3 Å². The highest BCUT2D eigenvalue weighted by Gasteiger charge is 2.38. The number of ether oxygens (including phenoxy) is 1. The van der Waals surface area contributed by atoms with Crippen molar-refractivity contribution >= 4 is 5.97 Å². The van der Waals surface area contributed by atoms with Crippen molar-refractivity contribution in [2.45, 2.75) is 66.9 Å². The third-order valence-electron chi connectivity index (χ3n) is 5.45. The molecule has 2 aliphatic carbocycles. The van der Waals surface area contributed by atoms with Crippen molar-refractivity contribution < 1.29 is 9.53 Å². The maximum absolute atomic E-state index is 12.2. The number of esters is 1. The van der Waals surface area contributed by atoms with Gasteiger partial charge in [0.1, 0.15) is 6.10 Å². The fourth-order valence-corrected chi connectivity index (χ4v) is 3.77. The third kappa shape index (κ3) is 3.37. The molecule has 2 nitrogen and oxygen atoms in total. The summed E-state index contributed by atoms with van der Waals surface area (Å²) in [5.74, 6) is 1.54. The first kappa shape index (κ1) is 17.1. The fraction of sp³-hybridized carbons (Fsp3) is 0.650. The number of fused-ring (bicyclic) bond motifs is 1. The van der Waals surface area contributed by atoms with Crippen LogP contribution < -0.4 is 0 Å². The fourth-order valence-electron chi connectivity index (χ4n) is 3.77. The molecule has 0 aromatic rings. The van der Waals surface area contributed by atoms with Gasteiger partial charge < -0.3 is 4.74 Å². The smallest absolute Gasteiger partial charge is 0.333 e. The SMILES string of the molecule is CC=C(C)C(=O)OC1CC(C(C)C)C2C=C(C)CCC2=C1C. The van der Waals surface area contributed by atoms with E-state index in [-0.39, 0.29) is 12.1 Å². The second kappa shape index (κ2) is 6.85. The van der Waals surface area contributed by atoms with Crippen molar-refractivity contribution in [1.29, 1.82) is 0 Å². The lowest BCUT2D eigenvalue weighted by Crippen LogP contribution is -2.36. The minimum absolute atomic E-state index is 0.0483. The normalized spacial score (nSPS) is 29.3. The first-order valence-corrected chi connectivity index (χ1v) is 8.55. The molecule has 2 rings (SSSR count). The first-order chi connectivity index (χ1) is 10.3. The van der Waals surface area contributed by atoms with Crippen LogP contribution in [0.3, 0.4) is 0 Å². The summed E-state index contributed by atoms with van der Waals surface area (Å²) in [5.41, 5.74) is 5.02. The standard InChI is InChI=1S/C20H30O2/c1-7-14(5)20(21)22-19-11-17(12(2)3)18-10-13(4)8-9-16(18)15(19)6/h7,10,12,17-19H,8-9,11H2,1-6H3. The lowest BCUT2D eigenvalue weighted by atomic mass is 9.66. The second-order valence-corrected chi connectivity index (χ2v) is 7.26. The third-order valence-corrected chi connectivity index (χ3v) is 5.45. The van der Waals surface area contributed by atoms with Crippen molar-refractivity contribution in [1.82, 2.24) is 0 Å². The lowest BCUT2D eigenvalue weighted by Gasteiger charge is -2.41. The number of carbonyl (C=O) groups is 1. The van der Waals surface area contributed by atoms with Gasteiger partial charge in [0.05, 0.1) is 0 Å². The molecular weight excluding hydrogens is 272 g/mol. The molecule has 0 fully saturated rings. The van der Waals surface area contributed by atoms with Crippen LogP contribution in [-0.2, 0) is 9.53 Å². The van der Waals surface area contributed by atoms with Crippen molar-refractivity contribution in [3.63, 3.8) is 0 Å². The molecule has 0 radical (unpaired) electrons. The number of hydrogen-bond acceptors (Lipinski definition) is 2. The van der Waals surface area contributed by atoms with Gasteiger partial charge in [0.2, 0.25) is 0 Å². The Morgan fingerprint density at radius 1 is 1.32 bits per heavy atom.